The third kappa shape index (κ3) is 4.33. The van der Waals surface area contributed by atoms with E-state index in [2.05, 4.69) is 111 Å². The zero-order chi connectivity index (χ0) is 19.3. The second kappa shape index (κ2) is 8.69. The molecule has 3 aromatic rings. The van der Waals surface area contributed by atoms with Crippen LogP contribution in [0.4, 0.5) is 0 Å². The van der Waals surface area contributed by atoms with Crippen LogP contribution in [0.1, 0.15) is 28.7 Å². The zero-order valence-corrected chi connectivity index (χ0v) is 17.9. The van der Waals surface area contributed by atoms with Crippen LogP contribution in [0.5, 0.6) is 5.75 Å². The molecule has 0 atom stereocenters. The molecule has 0 N–H and O–H groups in total. The summed E-state index contributed by atoms with van der Waals surface area (Å²) in [6, 6.07) is 28.0. The van der Waals surface area contributed by atoms with Crippen LogP contribution in [-0.2, 0) is 17.8 Å². The Morgan fingerprint density at radius 3 is 1.86 bits per heavy atom. The Balaban J connectivity index is 1.93. The van der Waals surface area contributed by atoms with Crippen molar-refractivity contribution in [3.05, 3.63) is 123 Å². The molecule has 1 aliphatic carbocycles. The molecule has 0 fully saturated rings. The van der Waals surface area contributed by atoms with Crippen molar-refractivity contribution in [1.82, 2.24) is 0 Å². The Hall–Kier alpha value is -2.48. The molecule has 0 amide bonds. The summed E-state index contributed by atoms with van der Waals surface area (Å²) in [6.07, 6.45) is 7.66. The number of rotatable bonds is 5. The van der Waals surface area contributed by atoms with E-state index in [0.717, 1.165) is 12.2 Å². The number of benzene rings is 3. The Bertz CT molecular complexity index is 998. The standard InChI is InChI=1S/C13H10.C8H10O.C5H5.Ti/c1-3-7-12(8-4-1)11-13-9-5-2-6-10-13;1-6-3-7(2)5-8(9)4-6;1-2-4-5-3-1;/h1-10H;3-5,9H,1-2H3;1-3H,4H2;/q;;;+1/p-1. The molecule has 0 radical (unpaired) electrons. The third-order valence-corrected chi connectivity index (χ3v) is 8.62. The van der Waals surface area contributed by atoms with Crippen LogP contribution in [0.15, 0.2) is 101 Å². The molecule has 0 unspecified atom stereocenters. The topological polar surface area (TPSA) is 9.23 Å². The van der Waals surface area contributed by atoms with Gasteiger partial charge >= 0.3 is 174 Å². The summed E-state index contributed by atoms with van der Waals surface area (Å²) in [6.45, 7) is 4.27. The van der Waals surface area contributed by atoms with Crippen molar-refractivity contribution in [2.75, 3.05) is 0 Å². The second-order valence-electron chi connectivity index (χ2n) is 7.19. The van der Waals surface area contributed by atoms with Gasteiger partial charge in [0.25, 0.3) is 0 Å². The SMILES string of the molecule is Cc1cc(C)cc([O][Ti]([C]2=CC=CC2)=[C](c2ccccc2)c2ccccc2)c1. The summed E-state index contributed by atoms with van der Waals surface area (Å²) in [5, 5.41) is 0. The van der Waals surface area contributed by atoms with Gasteiger partial charge < -0.3 is 0 Å². The molecule has 0 aromatic heterocycles. The number of hydrogen-bond acceptors (Lipinski definition) is 1. The van der Waals surface area contributed by atoms with Crippen molar-refractivity contribution in [2.45, 2.75) is 20.3 Å². The maximum absolute atomic E-state index is 6.85. The van der Waals surface area contributed by atoms with Gasteiger partial charge in [-0.05, 0) is 0 Å². The van der Waals surface area contributed by atoms with Crippen LogP contribution in [0.3, 0.4) is 0 Å². The number of hydrogen-bond donors (Lipinski definition) is 0. The molecular weight excluding hydrogens is 376 g/mol. The van der Waals surface area contributed by atoms with Crippen LogP contribution in [0.2, 0.25) is 0 Å². The Labute approximate surface area is 173 Å². The van der Waals surface area contributed by atoms with Crippen molar-refractivity contribution in [3.8, 4) is 5.75 Å². The molecule has 4 rings (SSSR count). The summed E-state index contributed by atoms with van der Waals surface area (Å²) < 4.78 is 9.67. The summed E-state index contributed by atoms with van der Waals surface area (Å²) in [4.78, 5) is 0. The van der Waals surface area contributed by atoms with E-state index in [1.807, 2.05) is 0 Å². The van der Waals surface area contributed by atoms with E-state index in [0.29, 0.717) is 0 Å². The average Bonchev–Trinajstić information content (AvgIpc) is 3.23. The normalized spacial score (nSPS) is 12.6. The van der Waals surface area contributed by atoms with Crippen molar-refractivity contribution in [1.29, 1.82) is 0 Å². The average molecular weight is 400 g/mol. The molecule has 0 heterocycles. The van der Waals surface area contributed by atoms with Crippen LogP contribution in [0.25, 0.3) is 0 Å². The third-order valence-electron chi connectivity index (χ3n) is 4.83. The molecule has 1 aliphatic rings. The van der Waals surface area contributed by atoms with Crippen molar-refractivity contribution < 1.29 is 21.1 Å². The van der Waals surface area contributed by atoms with E-state index in [1.54, 1.807) is 0 Å². The fourth-order valence-electron chi connectivity index (χ4n) is 3.64. The predicted octanol–water partition coefficient (Wildman–Crippen LogP) is 6.33. The van der Waals surface area contributed by atoms with Gasteiger partial charge in [0.1, 0.15) is 0 Å². The first-order chi connectivity index (χ1) is 13.7. The molecule has 138 valence electrons. The molecule has 0 saturated carbocycles. The van der Waals surface area contributed by atoms with Crippen molar-refractivity contribution >= 4 is 3.81 Å². The Kier molecular flexibility index (Phi) is 5.85. The zero-order valence-electron chi connectivity index (χ0n) is 16.4. The van der Waals surface area contributed by atoms with Gasteiger partial charge in [-0.1, -0.05) is 0 Å². The fraction of sp³-hybridized carbons (Fsp3) is 0.115. The van der Waals surface area contributed by atoms with Gasteiger partial charge in [0.15, 0.2) is 0 Å². The number of allylic oxidation sites excluding steroid dienone is 4. The molecular formula is C26H24OTi. The van der Waals surface area contributed by atoms with E-state index in [1.165, 1.54) is 29.9 Å². The quantitative estimate of drug-likeness (QED) is 0.455. The van der Waals surface area contributed by atoms with Gasteiger partial charge in [0, 0.05) is 0 Å². The maximum atomic E-state index is 6.85. The van der Waals surface area contributed by atoms with Crippen LogP contribution in [0, 0.1) is 13.8 Å². The molecule has 2 heteroatoms. The fourth-order valence-corrected chi connectivity index (χ4v) is 7.26. The Morgan fingerprint density at radius 2 is 1.36 bits per heavy atom. The summed E-state index contributed by atoms with van der Waals surface area (Å²) in [5.41, 5.74) is 5.01. The number of aryl methyl sites for hydroxylation is 2. The molecule has 0 aliphatic heterocycles. The van der Waals surface area contributed by atoms with Gasteiger partial charge in [0.05, 0.1) is 0 Å². The van der Waals surface area contributed by atoms with Gasteiger partial charge in [-0.15, -0.1) is 0 Å². The van der Waals surface area contributed by atoms with Crippen LogP contribution >= 0.6 is 0 Å². The molecule has 1 nitrogen and oxygen atoms in total. The minimum atomic E-state index is -2.26. The molecule has 28 heavy (non-hydrogen) atoms. The van der Waals surface area contributed by atoms with Gasteiger partial charge in [0.2, 0.25) is 0 Å². The molecule has 0 saturated heterocycles. The summed E-state index contributed by atoms with van der Waals surface area (Å²) >= 11 is -2.26. The van der Waals surface area contributed by atoms with E-state index < -0.39 is 17.8 Å². The molecule has 0 bridgehead atoms. The van der Waals surface area contributed by atoms with Crippen LogP contribution in [-0.4, -0.2) is 3.81 Å². The minimum absolute atomic E-state index is 0.989. The van der Waals surface area contributed by atoms with Gasteiger partial charge in [-0.2, -0.15) is 0 Å². The first-order valence-electron chi connectivity index (χ1n) is 9.68. The van der Waals surface area contributed by atoms with Gasteiger partial charge in [-0.25, -0.2) is 0 Å². The Morgan fingerprint density at radius 1 is 0.786 bits per heavy atom. The van der Waals surface area contributed by atoms with Gasteiger partial charge in [-0.3, -0.25) is 0 Å². The van der Waals surface area contributed by atoms with E-state index in [9.17, 15) is 0 Å². The van der Waals surface area contributed by atoms with E-state index in [4.69, 9.17) is 3.32 Å². The van der Waals surface area contributed by atoms with Crippen molar-refractivity contribution in [3.63, 3.8) is 0 Å². The first kappa shape index (κ1) is 18.9. The van der Waals surface area contributed by atoms with Crippen molar-refractivity contribution in [2.24, 2.45) is 0 Å². The molecule has 3 aromatic carbocycles. The monoisotopic (exact) mass is 400 g/mol. The van der Waals surface area contributed by atoms with E-state index >= 15 is 0 Å². The van der Waals surface area contributed by atoms with E-state index in [-0.39, 0.29) is 0 Å². The van der Waals surface area contributed by atoms with Crippen LogP contribution < -0.4 is 3.32 Å². The summed E-state index contributed by atoms with van der Waals surface area (Å²) in [7, 11) is 0. The first-order valence-corrected chi connectivity index (χ1v) is 11.9. The molecule has 0 spiro atoms. The predicted molar refractivity (Wildman–Crippen MR) is 114 cm³/mol. The second-order valence-corrected chi connectivity index (χ2v) is 10.3. The summed E-state index contributed by atoms with van der Waals surface area (Å²) in [5.74, 6) is 0.990.